The molecule has 136 valence electrons. The molecule has 1 aliphatic heterocycles. The zero-order valence-electron chi connectivity index (χ0n) is 14.5. The molecule has 1 saturated heterocycles. The van der Waals surface area contributed by atoms with Gasteiger partial charge in [0.2, 0.25) is 11.8 Å². The van der Waals surface area contributed by atoms with Crippen molar-refractivity contribution in [1.82, 2.24) is 15.2 Å². The number of nitrogens with one attached hydrogen (secondary N) is 2. The van der Waals surface area contributed by atoms with E-state index in [1.807, 2.05) is 6.07 Å². The number of piperidine rings is 1. The molecule has 2 aliphatic rings. The number of nitrogens with zero attached hydrogens (tertiary/aromatic N) is 2. The highest BCUT2D eigenvalue weighted by Crippen LogP contribution is 2.32. The van der Waals surface area contributed by atoms with Crippen LogP contribution in [0.4, 0.5) is 5.82 Å². The van der Waals surface area contributed by atoms with Crippen molar-refractivity contribution in [2.24, 2.45) is 11.8 Å². The molecule has 2 fully saturated rings. The Morgan fingerprint density at radius 2 is 2.16 bits per heavy atom. The molecule has 1 aromatic rings. The quantitative estimate of drug-likeness (QED) is 0.757. The van der Waals surface area contributed by atoms with Gasteiger partial charge in [-0.1, -0.05) is 0 Å². The lowest BCUT2D eigenvalue weighted by molar-refractivity contribution is -0.126. The van der Waals surface area contributed by atoms with Crippen molar-refractivity contribution < 1.29 is 9.59 Å². The van der Waals surface area contributed by atoms with Gasteiger partial charge >= 0.3 is 0 Å². The number of carbonyl (C=O) groups excluding carboxylic acids is 2. The van der Waals surface area contributed by atoms with Crippen LogP contribution in [0.2, 0.25) is 0 Å². The lowest BCUT2D eigenvalue weighted by Crippen LogP contribution is -2.47. The molecular formula is C18H25BrN4O2. The molecule has 2 unspecified atom stereocenters. The Bertz CT molecular complexity index is 618. The lowest BCUT2D eigenvalue weighted by Gasteiger charge is -2.31. The molecule has 0 bridgehead atoms. The summed E-state index contributed by atoms with van der Waals surface area (Å²) in [5.74, 6) is 1.15. The van der Waals surface area contributed by atoms with Gasteiger partial charge in [-0.3, -0.25) is 14.5 Å². The van der Waals surface area contributed by atoms with Crippen LogP contribution in [0.25, 0.3) is 0 Å². The maximum atomic E-state index is 12.5. The molecule has 2 N–H and O–H groups in total. The van der Waals surface area contributed by atoms with Crippen molar-refractivity contribution >= 4 is 33.6 Å². The standard InChI is InChI=1S/C18H25BrN4O2/c1-12(13-4-5-13)21-17(24)11-23-8-2-3-14(10-23)18(25)22-16-7-6-15(19)9-20-16/h6-7,9,12-14H,2-5,8,10-11H2,1H3,(H,21,24)(H,20,22,25). The van der Waals surface area contributed by atoms with Crippen LogP contribution < -0.4 is 10.6 Å². The van der Waals surface area contributed by atoms with Gasteiger partial charge in [0.05, 0.1) is 12.5 Å². The molecule has 2 atom stereocenters. The monoisotopic (exact) mass is 408 g/mol. The summed E-state index contributed by atoms with van der Waals surface area (Å²) < 4.78 is 0.876. The van der Waals surface area contributed by atoms with E-state index in [1.165, 1.54) is 12.8 Å². The Morgan fingerprint density at radius 1 is 1.36 bits per heavy atom. The Kier molecular flexibility index (Phi) is 6.06. The summed E-state index contributed by atoms with van der Waals surface area (Å²) in [7, 11) is 0. The van der Waals surface area contributed by atoms with E-state index in [9.17, 15) is 9.59 Å². The predicted molar refractivity (Wildman–Crippen MR) is 100 cm³/mol. The summed E-state index contributed by atoms with van der Waals surface area (Å²) in [6.45, 7) is 3.93. The van der Waals surface area contributed by atoms with Crippen molar-refractivity contribution in [3.63, 3.8) is 0 Å². The summed E-state index contributed by atoms with van der Waals surface area (Å²) >= 11 is 3.33. The number of rotatable bonds is 6. The fourth-order valence-electron chi connectivity index (χ4n) is 3.31. The summed E-state index contributed by atoms with van der Waals surface area (Å²) in [5, 5.41) is 5.95. The number of hydrogen-bond acceptors (Lipinski definition) is 4. The molecule has 0 spiro atoms. The van der Waals surface area contributed by atoms with E-state index in [-0.39, 0.29) is 23.8 Å². The van der Waals surface area contributed by atoms with Gasteiger partial charge in [0.1, 0.15) is 5.82 Å². The zero-order valence-corrected chi connectivity index (χ0v) is 16.1. The van der Waals surface area contributed by atoms with Gasteiger partial charge < -0.3 is 10.6 Å². The van der Waals surface area contributed by atoms with Gasteiger partial charge in [-0.2, -0.15) is 0 Å². The van der Waals surface area contributed by atoms with Gasteiger partial charge in [0.25, 0.3) is 0 Å². The normalized spacial score (nSPS) is 22.2. The van der Waals surface area contributed by atoms with Crippen LogP contribution in [0.1, 0.15) is 32.6 Å². The Balaban J connectivity index is 1.47. The minimum Gasteiger partial charge on any atom is -0.352 e. The van der Waals surface area contributed by atoms with Crippen LogP contribution in [0.15, 0.2) is 22.8 Å². The molecule has 1 saturated carbocycles. The summed E-state index contributed by atoms with van der Waals surface area (Å²) in [6, 6.07) is 3.89. The van der Waals surface area contributed by atoms with Crippen molar-refractivity contribution in [3.8, 4) is 0 Å². The molecular weight excluding hydrogens is 384 g/mol. The summed E-state index contributed by atoms with van der Waals surface area (Å²) in [6.07, 6.45) is 5.87. The molecule has 2 amide bonds. The second-order valence-corrected chi connectivity index (χ2v) is 8.03. The first-order valence-corrected chi connectivity index (χ1v) is 9.74. The molecule has 25 heavy (non-hydrogen) atoms. The second kappa shape index (κ2) is 8.27. The zero-order chi connectivity index (χ0) is 17.8. The topological polar surface area (TPSA) is 74.3 Å². The third-order valence-electron chi connectivity index (χ3n) is 4.94. The average molecular weight is 409 g/mol. The number of pyridine rings is 1. The van der Waals surface area contributed by atoms with Crippen LogP contribution in [0.5, 0.6) is 0 Å². The summed E-state index contributed by atoms with van der Waals surface area (Å²) in [4.78, 5) is 30.9. The first kappa shape index (κ1) is 18.3. The van der Waals surface area contributed by atoms with Crippen LogP contribution in [-0.4, -0.2) is 47.4 Å². The van der Waals surface area contributed by atoms with Crippen LogP contribution >= 0.6 is 15.9 Å². The number of aromatic nitrogens is 1. The van der Waals surface area contributed by atoms with E-state index in [2.05, 4.69) is 43.4 Å². The van der Waals surface area contributed by atoms with Crippen LogP contribution in [0.3, 0.4) is 0 Å². The van der Waals surface area contributed by atoms with Gasteiger partial charge in [-0.05, 0) is 73.1 Å². The van der Waals surface area contributed by atoms with Crippen LogP contribution in [-0.2, 0) is 9.59 Å². The molecule has 1 aliphatic carbocycles. The number of halogens is 1. The largest absolute Gasteiger partial charge is 0.352 e. The minimum absolute atomic E-state index is 0.0220. The minimum atomic E-state index is -0.104. The number of likely N-dealkylation sites (tertiary alicyclic amines) is 1. The molecule has 1 aromatic heterocycles. The molecule has 0 radical (unpaired) electrons. The predicted octanol–water partition coefficient (Wildman–Crippen LogP) is 2.41. The first-order valence-electron chi connectivity index (χ1n) is 8.95. The fourth-order valence-corrected chi connectivity index (χ4v) is 3.54. The SMILES string of the molecule is CC(NC(=O)CN1CCCC(C(=O)Nc2ccc(Br)cn2)C1)C1CC1. The van der Waals surface area contributed by atoms with E-state index in [1.54, 1.807) is 12.3 Å². The highest BCUT2D eigenvalue weighted by molar-refractivity contribution is 9.10. The third-order valence-corrected chi connectivity index (χ3v) is 5.41. The molecule has 0 aromatic carbocycles. The van der Waals surface area contributed by atoms with E-state index in [4.69, 9.17) is 0 Å². The first-order chi connectivity index (χ1) is 12.0. The number of carbonyl (C=O) groups is 2. The molecule has 3 rings (SSSR count). The summed E-state index contributed by atoms with van der Waals surface area (Å²) in [5.41, 5.74) is 0. The van der Waals surface area contributed by atoms with Crippen molar-refractivity contribution in [1.29, 1.82) is 0 Å². The number of anilines is 1. The maximum Gasteiger partial charge on any atom is 0.234 e. The van der Waals surface area contributed by atoms with Crippen molar-refractivity contribution in [2.45, 2.75) is 38.6 Å². The Labute approximate surface area is 156 Å². The van der Waals surface area contributed by atoms with E-state index in [0.717, 1.165) is 23.9 Å². The van der Waals surface area contributed by atoms with Crippen molar-refractivity contribution in [2.75, 3.05) is 25.0 Å². The molecule has 2 heterocycles. The van der Waals surface area contributed by atoms with Crippen molar-refractivity contribution in [3.05, 3.63) is 22.8 Å². The Morgan fingerprint density at radius 3 is 2.84 bits per heavy atom. The number of hydrogen-bond donors (Lipinski definition) is 2. The second-order valence-electron chi connectivity index (χ2n) is 7.12. The lowest BCUT2D eigenvalue weighted by atomic mass is 9.97. The number of amides is 2. The highest BCUT2D eigenvalue weighted by atomic mass is 79.9. The smallest absolute Gasteiger partial charge is 0.234 e. The van der Waals surface area contributed by atoms with Gasteiger partial charge in [0, 0.05) is 23.3 Å². The molecule has 6 nitrogen and oxygen atoms in total. The Hall–Kier alpha value is -1.47. The van der Waals surface area contributed by atoms with Gasteiger partial charge in [0.15, 0.2) is 0 Å². The van der Waals surface area contributed by atoms with Crippen LogP contribution in [0, 0.1) is 11.8 Å². The van der Waals surface area contributed by atoms with E-state index >= 15 is 0 Å². The third kappa shape index (κ3) is 5.51. The average Bonchev–Trinajstić information content (AvgIpc) is 3.42. The molecule has 7 heteroatoms. The van der Waals surface area contributed by atoms with Gasteiger partial charge in [-0.25, -0.2) is 4.98 Å². The van der Waals surface area contributed by atoms with E-state index in [0.29, 0.717) is 24.8 Å². The van der Waals surface area contributed by atoms with Gasteiger partial charge in [-0.15, -0.1) is 0 Å². The fraction of sp³-hybridized carbons (Fsp3) is 0.611. The highest BCUT2D eigenvalue weighted by Gasteiger charge is 2.30. The maximum absolute atomic E-state index is 12.5. The van der Waals surface area contributed by atoms with E-state index < -0.39 is 0 Å².